The van der Waals surface area contributed by atoms with Crippen LogP contribution in [0.4, 0.5) is 10.1 Å². The van der Waals surface area contributed by atoms with Crippen molar-refractivity contribution in [3.8, 4) is 11.5 Å². The number of halogens is 1. The van der Waals surface area contributed by atoms with Gasteiger partial charge in [0.1, 0.15) is 28.4 Å². The van der Waals surface area contributed by atoms with Gasteiger partial charge in [0.05, 0.1) is 28.4 Å². The van der Waals surface area contributed by atoms with Gasteiger partial charge >= 0.3 is 11.9 Å². The number of rotatable bonds is 5. The average Bonchev–Trinajstić information content (AvgIpc) is 2.83. The molecular formula is C23H29FN2O6. The largest absolute Gasteiger partial charge is 0.496 e. The monoisotopic (exact) mass is 448 g/mol. The van der Waals surface area contributed by atoms with Crippen LogP contribution in [0.1, 0.15) is 20.7 Å². The third kappa shape index (κ3) is 6.34. The molecule has 0 saturated carbocycles. The number of benzene rings is 2. The summed E-state index contributed by atoms with van der Waals surface area (Å²) in [5.41, 5.74) is 1.76. The molecule has 0 N–H and O–H groups in total. The Morgan fingerprint density at radius 2 is 1.28 bits per heavy atom. The van der Waals surface area contributed by atoms with Crippen LogP contribution in [-0.4, -0.2) is 78.5 Å². The maximum atomic E-state index is 12.7. The number of esters is 2. The molecule has 0 spiro atoms. The Kier molecular flexibility index (Phi) is 9.27. The van der Waals surface area contributed by atoms with Crippen LogP contribution in [0, 0.1) is 5.82 Å². The predicted octanol–water partition coefficient (Wildman–Crippen LogP) is 2.85. The van der Waals surface area contributed by atoms with E-state index < -0.39 is 11.8 Å². The normalized spacial score (nSPS) is 13.5. The van der Waals surface area contributed by atoms with Crippen molar-refractivity contribution in [2.75, 3.05) is 66.6 Å². The lowest BCUT2D eigenvalue weighted by Crippen LogP contribution is -2.44. The molecule has 0 aromatic heterocycles. The fraction of sp³-hybridized carbons (Fsp3) is 0.391. The highest BCUT2D eigenvalue weighted by atomic mass is 19.1. The molecule has 32 heavy (non-hydrogen) atoms. The van der Waals surface area contributed by atoms with Crippen LogP contribution in [0.3, 0.4) is 0 Å². The number of hydrogen-bond acceptors (Lipinski definition) is 8. The maximum Gasteiger partial charge on any atom is 0.341 e. The Balaban J connectivity index is 0.000000244. The van der Waals surface area contributed by atoms with Gasteiger partial charge in [0.25, 0.3) is 0 Å². The van der Waals surface area contributed by atoms with Gasteiger partial charge in [0.15, 0.2) is 0 Å². The summed E-state index contributed by atoms with van der Waals surface area (Å²) in [6, 6.07) is 9.23. The Labute approximate surface area is 187 Å². The second kappa shape index (κ2) is 11.9. The molecule has 0 amide bonds. The fourth-order valence-corrected chi connectivity index (χ4v) is 3.16. The standard InChI is InChI=1S/C14H20N2O3.C9H9FO3/c1-15-6-8-16(9-7-15)11-4-5-12(14(17)19-3)13(10-11)18-2;1-12-8-5-6(10)3-4-7(8)9(11)13-2/h4-5,10H,6-9H2,1-3H3;3-5H,1-2H3. The molecule has 1 heterocycles. The Bertz CT molecular complexity index is 929. The molecule has 2 aromatic carbocycles. The summed E-state index contributed by atoms with van der Waals surface area (Å²) in [7, 11) is 7.68. The molecule has 0 unspecified atom stereocenters. The van der Waals surface area contributed by atoms with Crippen molar-refractivity contribution in [2.45, 2.75) is 0 Å². The second-order valence-corrected chi connectivity index (χ2v) is 7.00. The van der Waals surface area contributed by atoms with Crippen molar-refractivity contribution in [1.82, 2.24) is 4.90 Å². The fourth-order valence-electron chi connectivity index (χ4n) is 3.16. The average molecular weight is 448 g/mol. The summed E-state index contributed by atoms with van der Waals surface area (Å²) in [6.45, 7) is 4.05. The molecule has 1 aliphatic heterocycles. The number of hydrogen-bond donors (Lipinski definition) is 0. The van der Waals surface area contributed by atoms with Crippen LogP contribution in [0.25, 0.3) is 0 Å². The summed E-state index contributed by atoms with van der Waals surface area (Å²) in [4.78, 5) is 27.3. The van der Waals surface area contributed by atoms with E-state index in [1.807, 2.05) is 12.1 Å². The third-order valence-corrected chi connectivity index (χ3v) is 5.03. The van der Waals surface area contributed by atoms with Crippen molar-refractivity contribution in [1.29, 1.82) is 0 Å². The van der Waals surface area contributed by atoms with E-state index in [9.17, 15) is 14.0 Å². The van der Waals surface area contributed by atoms with E-state index in [1.54, 1.807) is 13.2 Å². The first-order valence-electron chi connectivity index (χ1n) is 9.96. The zero-order valence-corrected chi connectivity index (χ0v) is 19.0. The van der Waals surface area contributed by atoms with Gasteiger partial charge in [0.2, 0.25) is 0 Å². The first-order chi connectivity index (χ1) is 15.3. The minimum atomic E-state index is -0.545. The molecule has 2 aromatic rings. The van der Waals surface area contributed by atoms with E-state index in [-0.39, 0.29) is 17.3 Å². The van der Waals surface area contributed by atoms with Gasteiger partial charge in [-0.15, -0.1) is 0 Å². The van der Waals surface area contributed by atoms with Gasteiger partial charge in [-0.2, -0.15) is 0 Å². The molecule has 1 fully saturated rings. The van der Waals surface area contributed by atoms with Gasteiger partial charge < -0.3 is 28.7 Å². The van der Waals surface area contributed by atoms with Crippen LogP contribution in [0.2, 0.25) is 0 Å². The molecule has 0 aliphatic carbocycles. The van der Waals surface area contributed by atoms with Crippen molar-refractivity contribution in [3.05, 3.63) is 53.3 Å². The van der Waals surface area contributed by atoms with E-state index in [1.165, 1.54) is 33.5 Å². The SMILES string of the molecule is COC(=O)c1ccc(F)cc1OC.COC(=O)c1ccc(N2CCN(C)CC2)cc1OC. The molecule has 8 nitrogen and oxygen atoms in total. The molecular weight excluding hydrogens is 419 g/mol. The van der Waals surface area contributed by atoms with E-state index in [0.29, 0.717) is 11.3 Å². The Hall–Kier alpha value is -3.33. The maximum absolute atomic E-state index is 12.7. The minimum Gasteiger partial charge on any atom is -0.496 e. The van der Waals surface area contributed by atoms with Crippen molar-refractivity contribution >= 4 is 17.6 Å². The lowest BCUT2D eigenvalue weighted by Gasteiger charge is -2.34. The molecule has 0 atom stereocenters. The summed E-state index contributed by atoms with van der Waals surface area (Å²) in [5, 5.41) is 0. The highest BCUT2D eigenvalue weighted by Gasteiger charge is 2.18. The van der Waals surface area contributed by atoms with Gasteiger partial charge in [-0.1, -0.05) is 0 Å². The molecule has 1 saturated heterocycles. The molecule has 0 bridgehead atoms. The topological polar surface area (TPSA) is 77.5 Å². The highest BCUT2D eigenvalue weighted by molar-refractivity contribution is 5.93. The number of anilines is 1. The van der Waals surface area contributed by atoms with Gasteiger partial charge in [-0.05, 0) is 31.3 Å². The number of carbonyl (C=O) groups is 2. The summed E-state index contributed by atoms with van der Waals surface area (Å²) in [6.07, 6.45) is 0. The number of carbonyl (C=O) groups excluding carboxylic acids is 2. The van der Waals surface area contributed by atoms with Gasteiger partial charge in [0, 0.05) is 44.0 Å². The predicted molar refractivity (Wildman–Crippen MR) is 118 cm³/mol. The first-order valence-corrected chi connectivity index (χ1v) is 9.96. The van der Waals surface area contributed by atoms with E-state index in [4.69, 9.17) is 14.2 Å². The Morgan fingerprint density at radius 3 is 1.78 bits per heavy atom. The highest BCUT2D eigenvalue weighted by Crippen LogP contribution is 2.27. The number of nitrogens with zero attached hydrogens (tertiary/aromatic N) is 2. The van der Waals surface area contributed by atoms with Crippen molar-refractivity contribution in [2.24, 2.45) is 0 Å². The number of piperazine rings is 1. The molecule has 9 heteroatoms. The minimum absolute atomic E-state index is 0.173. The molecule has 3 rings (SSSR count). The van der Waals surface area contributed by atoms with Gasteiger partial charge in [-0.3, -0.25) is 0 Å². The molecule has 1 aliphatic rings. The number of likely N-dealkylation sites (N-methyl/N-ethyl adjacent to an activating group) is 1. The van der Waals surface area contributed by atoms with Crippen molar-refractivity contribution < 1.29 is 32.9 Å². The van der Waals surface area contributed by atoms with Crippen LogP contribution in [0.5, 0.6) is 11.5 Å². The quantitative estimate of drug-likeness (QED) is 0.647. The molecule has 0 radical (unpaired) electrons. The van der Waals surface area contributed by atoms with Crippen LogP contribution in [0.15, 0.2) is 36.4 Å². The van der Waals surface area contributed by atoms with E-state index >= 15 is 0 Å². The van der Waals surface area contributed by atoms with E-state index in [0.717, 1.165) is 37.9 Å². The molecule has 174 valence electrons. The van der Waals surface area contributed by atoms with Gasteiger partial charge in [-0.25, -0.2) is 14.0 Å². The summed E-state index contributed by atoms with van der Waals surface area (Å²) in [5.74, 6) is -0.641. The number of ether oxygens (including phenoxy) is 4. The first kappa shape index (κ1) is 24.9. The van der Waals surface area contributed by atoms with Crippen LogP contribution in [-0.2, 0) is 9.47 Å². The lowest BCUT2D eigenvalue weighted by molar-refractivity contribution is 0.0588. The smallest absolute Gasteiger partial charge is 0.341 e. The lowest BCUT2D eigenvalue weighted by atomic mass is 10.1. The van der Waals surface area contributed by atoms with Crippen molar-refractivity contribution in [3.63, 3.8) is 0 Å². The third-order valence-electron chi connectivity index (χ3n) is 5.03. The summed E-state index contributed by atoms with van der Waals surface area (Å²) < 4.78 is 32.0. The van der Waals surface area contributed by atoms with Crippen LogP contribution >= 0.6 is 0 Å². The summed E-state index contributed by atoms with van der Waals surface area (Å²) >= 11 is 0. The van der Waals surface area contributed by atoms with Crippen LogP contribution < -0.4 is 14.4 Å². The number of methoxy groups -OCH3 is 4. The zero-order valence-electron chi connectivity index (χ0n) is 19.0. The Morgan fingerprint density at radius 1 is 0.781 bits per heavy atom. The van der Waals surface area contributed by atoms with E-state index in [2.05, 4.69) is 21.6 Å². The zero-order chi connectivity index (χ0) is 23.7. The second-order valence-electron chi connectivity index (χ2n) is 7.00.